The molecule has 0 radical (unpaired) electrons. The first-order valence-electron chi connectivity index (χ1n) is 12.3. The van der Waals surface area contributed by atoms with Crippen LogP contribution in [0.2, 0.25) is 0 Å². The van der Waals surface area contributed by atoms with E-state index in [1.54, 1.807) is 0 Å². The second kappa shape index (κ2) is 10.8. The number of anilines is 2. The average Bonchev–Trinajstić information content (AvgIpc) is 3.27. The molecule has 8 heteroatoms. The van der Waals surface area contributed by atoms with Crippen LogP contribution in [0.3, 0.4) is 0 Å². The summed E-state index contributed by atoms with van der Waals surface area (Å²) in [6.45, 7) is 18.0. The van der Waals surface area contributed by atoms with Crippen LogP contribution in [0, 0.1) is 0 Å². The summed E-state index contributed by atoms with van der Waals surface area (Å²) >= 11 is 0. The first kappa shape index (κ1) is 26.0. The molecule has 0 amide bonds. The van der Waals surface area contributed by atoms with Gasteiger partial charge in [0.05, 0.1) is 6.67 Å². The SMILES string of the molecule is CC(C)c1cc(N=[N+]=[N-])cc(C(C)C)c1N1C=CN(c2c(C(C)C)cc(N=[N+]=[N-])cc2C(C)C)C1. The van der Waals surface area contributed by atoms with Gasteiger partial charge in [0.1, 0.15) is 0 Å². The summed E-state index contributed by atoms with van der Waals surface area (Å²) < 4.78 is 0. The molecule has 184 valence electrons. The van der Waals surface area contributed by atoms with Gasteiger partial charge < -0.3 is 9.80 Å². The van der Waals surface area contributed by atoms with Crippen molar-refractivity contribution in [3.63, 3.8) is 0 Å². The quantitative estimate of drug-likeness (QED) is 0.217. The molecule has 1 aliphatic heterocycles. The van der Waals surface area contributed by atoms with Gasteiger partial charge in [-0.25, -0.2) is 0 Å². The van der Waals surface area contributed by atoms with Crippen LogP contribution in [0.4, 0.5) is 22.7 Å². The zero-order chi connectivity index (χ0) is 25.9. The highest BCUT2D eigenvalue weighted by Gasteiger charge is 2.27. The van der Waals surface area contributed by atoms with Gasteiger partial charge in [-0.15, -0.1) is 0 Å². The third-order valence-corrected chi connectivity index (χ3v) is 6.42. The Balaban J connectivity index is 2.15. The zero-order valence-electron chi connectivity index (χ0n) is 22.1. The number of azide groups is 2. The van der Waals surface area contributed by atoms with Crippen LogP contribution in [-0.4, -0.2) is 6.67 Å². The predicted octanol–water partition coefficient (Wildman–Crippen LogP) is 9.82. The summed E-state index contributed by atoms with van der Waals surface area (Å²) in [4.78, 5) is 10.6. The molecular formula is C27H36N8. The smallest absolute Gasteiger partial charge is 0.0989 e. The molecule has 0 spiro atoms. The molecule has 35 heavy (non-hydrogen) atoms. The van der Waals surface area contributed by atoms with Gasteiger partial charge in [-0.2, -0.15) is 0 Å². The Bertz CT molecular complexity index is 1060. The van der Waals surface area contributed by atoms with Crippen molar-refractivity contribution in [2.24, 2.45) is 10.2 Å². The van der Waals surface area contributed by atoms with E-state index >= 15 is 0 Å². The van der Waals surface area contributed by atoms with Crippen molar-refractivity contribution in [1.29, 1.82) is 0 Å². The lowest BCUT2D eigenvalue weighted by atomic mass is 9.91. The van der Waals surface area contributed by atoms with Crippen LogP contribution in [-0.2, 0) is 0 Å². The van der Waals surface area contributed by atoms with Crippen molar-refractivity contribution in [3.8, 4) is 0 Å². The first-order chi connectivity index (χ1) is 16.6. The Morgan fingerprint density at radius 3 is 1.11 bits per heavy atom. The highest BCUT2D eigenvalue weighted by atomic mass is 15.3. The summed E-state index contributed by atoms with van der Waals surface area (Å²) in [5.41, 5.74) is 26.4. The third-order valence-electron chi connectivity index (χ3n) is 6.42. The van der Waals surface area contributed by atoms with E-state index in [0.717, 1.165) is 22.3 Å². The Labute approximate surface area is 208 Å². The van der Waals surface area contributed by atoms with Gasteiger partial charge in [-0.3, -0.25) is 0 Å². The number of hydrogen-bond acceptors (Lipinski definition) is 4. The highest BCUT2D eigenvalue weighted by molar-refractivity contribution is 5.74. The molecule has 8 nitrogen and oxygen atoms in total. The maximum Gasteiger partial charge on any atom is 0.0989 e. The molecule has 0 fully saturated rings. The first-order valence-corrected chi connectivity index (χ1v) is 12.3. The Morgan fingerprint density at radius 2 is 0.886 bits per heavy atom. The largest absolute Gasteiger partial charge is 0.327 e. The molecule has 0 unspecified atom stereocenters. The van der Waals surface area contributed by atoms with Crippen molar-refractivity contribution >= 4 is 22.7 Å². The molecule has 3 rings (SSSR count). The highest BCUT2D eigenvalue weighted by Crippen LogP contribution is 2.43. The molecular weight excluding hydrogens is 436 g/mol. The van der Waals surface area contributed by atoms with E-state index in [1.807, 2.05) is 24.3 Å². The Morgan fingerprint density at radius 1 is 0.600 bits per heavy atom. The van der Waals surface area contributed by atoms with E-state index in [4.69, 9.17) is 11.1 Å². The number of benzene rings is 2. The average molecular weight is 473 g/mol. The maximum atomic E-state index is 9.02. The molecule has 2 aromatic rings. The molecule has 0 bridgehead atoms. The van der Waals surface area contributed by atoms with Crippen LogP contribution in [0.25, 0.3) is 20.9 Å². The van der Waals surface area contributed by atoms with Gasteiger partial charge in [0.15, 0.2) is 0 Å². The van der Waals surface area contributed by atoms with E-state index in [2.05, 4.69) is 97.6 Å². The lowest BCUT2D eigenvalue weighted by Crippen LogP contribution is -2.28. The standard InChI is InChI=1S/C27H36N8/c1-16(2)22-11-20(30-32-28)12-23(17(3)4)26(22)34-9-10-35(15-34)27-24(18(5)6)13-21(31-33-29)14-25(27)19(7)8/h9-14,16-19H,15H2,1-8H3. The molecule has 0 atom stereocenters. The van der Waals surface area contributed by atoms with E-state index < -0.39 is 0 Å². The second-order valence-corrected chi connectivity index (χ2v) is 10.3. The normalized spacial score (nSPS) is 13.3. The second-order valence-electron chi connectivity index (χ2n) is 10.3. The van der Waals surface area contributed by atoms with Gasteiger partial charge >= 0.3 is 0 Å². The minimum atomic E-state index is 0.263. The zero-order valence-corrected chi connectivity index (χ0v) is 22.1. The number of rotatable bonds is 8. The Hall–Kier alpha value is -3.60. The Kier molecular flexibility index (Phi) is 8.00. The van der Waals surface area contributed by atoms with Crippen molar-refractivity contribution in [1.82, 2.24) is 0 Å². The van der Waals surface area contributed by atoms with Gasteiger partial charge in [-0.1, -0.05) is 65.6 Å². The fraction of sp³-hybridized carbons (Fsp3) is 0.481. The van der Waals surface area contributed by atoms with Crippen molar-refractivity contribution in [3.05, 3.63) is 79.8 Å². The molecule has 2 aromatic carbocycles. The minimum absolute atomic E-state index is 0.263. The van der Waals surface area contributed by atoms with Crippen LogP contribution >= 0.6 is 0 Å². The number of nitrogens with zero attached hydrogens (tertiary/aromatic N) is 8. The molecule has 1 heterocycles. The van der Waals surface area contributed by atoms with Gasteiger partial charge in [0.2, 0.25) is 0 Å². The lowest BCUT2D eigenvalue weighted by molar-refractivity contribution is 0.803. The maximum absolute atomic E-state index is 9.02. The van der Waals surface area contributed by atoms with Gasteiger partial charge in [0, 0.05) is 45.0 Å². The van der Waals surface area contributed by atoms with Crippen LogP contribution < -0.4 is 9.80 Å². The van der Waals surface area contributed by atoms with Crippen LogP contribution in [0.5, 0.6) is 0 Å². The summed E-state index contributed by atoms with van der Waals surface area (Å²) in [6.07, 6.45) is 4.27. The molecule has 0 aromatic heterocycles. The van der Waals surface area contributed by atoms with Crippen molar-refractivity contribution in [2.75, 3.05) is 16.5 Å². The molecule has 1 aliphatic rings. The third kappa shape index (κ3) is 5.40. The molecule has 0 aliphatic carbocycles. The van der Waals surface area contributed by atoms with E-state index in [9.17, 15) is 0 Å². The predicted molar refractivity (Wildman–Crippen MR) is 146 cm³/mol. The molecule has 0 N–H and O–H groups in total. The fourth-order valence-corrected chi connectivity index (χ4v) is 4.68. The molecule has 0 saturated heterocycles. The summed E-state index contributed by atoms with van der Waals surface area (Å²) in [5.74, 6) is 1.05. The minimum Gasteiger partial charge on any atom is -0.327 e. The monoisotopic (exact) mass is 472 g/mol. The number of hydrogen-bond donors (Lipinski definition) is 0. The van der Waals surface area contributed by atoms with Crippen LogP contribution in [0.15, 0.2) is 46.9 Å². The van der Waals surface area contributed by atoms with Gasteiger partial charge in [0.25, 0.3) is 0 Å². The lowest BCUT2D eigenvalue weighted by Gasteiger charge is -2.31. The van der Waals surface area contributed by atoms with Crippen molar-refractivity contribution in [2.45, 2.75) is 79.1 Å². The van der Waals surface area contributed by atoms with E-state index in [1.165, 1.54) is 11.4 Å². The summed E-state index contributed by atoms with van der Waals surface area (Å²) in [6, 6.07) is 8.04. The van der Waals surface area contributed by atoms with E-state index in [-0.39, 0.29) is 23.7 Å². The van der Waals surface area contributed by atoms with Crippen LogP contribution in [0.1, 0.15) is 101 Å². The van der Waals surface area contributed by atoms with Crippen molar-refractivity contribution < 1.29 is 0 Å². The topological polar surface area (TPSA) is 104 Å². The summed E-state index contributed by atoms with van der Waals surface area (Å²) in [7, 11) is 0. The summed E-state index contributed by atoms with van der Waals surface area (Å²) in [5, 5.41) is 7.82. The van der Waals surface area contributed by atoms with E-state index in [0.29, 0.717) is 18.0 Å². The molecule has 0 saturated carbocycles. The van der Waals surface area contributed by atoms with Gasteiger partial charge in [-0.05, 0) is 81.3 Å². The fourth-order valence-electron chi connectivity index (χ4n) is 4.68.